The van der Waals surface area contributed by atoms with Gasteiger partial charge in [-0.05, 0) is 59.0 Å². The Bertz CT molecular complexity index is 871. The summed E-state index contributed by atoms with van der Waals surface area (Å²) in [6.45, 7) is 0. The van der Waals surface area contributed by atoms with Crippen LogP contribution in [0.2, 0.25) is 0 Å². The Labute approximate surface area is 134 Å². The second-order valence-electron chi connectivity index (χ2n) is 4.35. The molecule has 1 N–H and O–H groups in total. The molecular formula is C16H9FIN3. The van der Waals surface area contributed by atoms with Gasteiger partial charge in [-0.1, -0.05) is 5.92 Å². The predicted molar refractivity (Wildman–Crippen MR) is 89.9 cm³/mol. The van der Waals surface area contributed by atoms with Crippen molar-refractivity contribution in [1.82, 2.24) is 9.97 Å². The minimum atomic E-state index is -0.412. The number of hydrogen-bond donors (Lipinski definition) is 1. The molecule has 0 aliphatic rings. The van der Waals surface area contributed by atoms with Crippen molar-refractivity contribution < 1.29 is 4.39 Å². The molecule has 0 atom stereocenters. The SMILES string of the molecule is C#Cc1cc(Nc2ncnc3cc(I)ccc23)ccc1F. The lowest BCUT2D eigenvalue weighted by Gasteiger charge is -2.09. The highest BCUT2D eigenvalue weighted by molar-refractivity contribution is 14.1. The minimum Gasteiger partial charge on any atom is -0.340 e. The molecule has 0 saturated heterocycles. The molecule has 1 aromatic heterocycles. The number of nitrogens with zero attached hydrogens (tertiary/aromatic N) is 2. The summed E-state index contributed by atoms with van der Waals surface area (Å²) in [4.78, 5) is 8.48. The summed E-state index contributed by atoms with van der Waals surface area (Å²) in [5.74, 6) is 2.56. The van der Waals surface area contributed by atoms with Crippen LogP contribution in [0.15, 0.2) is 42.7 Å². The minimum absolute atomic E-state index is 0.216. The molecule has 21 heavy (non-hydrogen) atoms. The summed E-state index contributed by atoms with van der Waals surface area (Å²) in [5.41, 5.74) is 1.74. The lowest BCUT2D eigenvalue weighted by atomic mass is 10.2. The van der Waals surface area contributed by atoms with Crippen molar-refractivity contribution in [2.45, 2.75) is 0 Å². The molecule has 0 bridgehead atoms. The molecule has 3 nitrogen and oxygen atoms in total. The first kappa shape index (κ1) is 13.8. The maximum Gasteiger partial charge on any atom is 0.141 e. The van der Waals surface area contributed by atoms with Gasteiger partial charge in [-0.2, -0.15) is 0 Å². The monoisotopic (exact) mass is 389 g/mol. The van der Waals surface area contributed by atoms with Gasteiger partial charge in [-0.25, -0.2) is 14.4 Å². The Morgan fingerprint density at radius 1 is 1.14 bits per heavy atom. The molecule has 1 heterocycles. The topological polar surface area (TPSA) is 37.8 Å². The van der Waals surface area contributed by atoms with Gasteiger partial charge in [-0.15, -0.1) is 6.42 Å². The molecule has 0 amide bonds. The van der Waals surface area contributed by atoms with E-state index in [2.05, 4.69) is 43.8 Å². The van der Waals surface area contributed by atoms with E-state index >= 15 is 0 Å². The first-order valence-electron chi connectivity index (χ1n) is 6.11. The molecular weight excluding hydrogens is 380 g/mol. The number of terminal acetylenes is 1. The standard InChI is InChI=1S/C16H9FIN3/c1-2-10-7-12(4-6-14(10)17)21-16-13-5-3-11(18)8-15(13)19-9-20-16/h1,3-9H,(H,19,20,21). The van der Waals surface area contributed by atoms with Gasteiger partial charge in [0.15, 0.2) is 0 Å². The Morgan fingerprint density at radius 3 is 2.81 bits per heavy atom. The largest absolute Gasteiger partial charge is 0.340 e. The summed E-state index contributed by atoms with van der Waals surface area (Å²) in [7, 11) is 0. The summed E-state index contributed by atoms with van der Waals surface area (Å²) in [6, 6.07) is 10.4. The van der Waals surface area contributed by atoms with E-state index in [4.69, 9.17) is 6.42 Å². The van der Waals surface area contributed by atoms with E-state index in [1.54, 1.807) is 12.1 Å². The quantitative estimate of drug-likeness (QED) is 0.530. The summed E-state index contributed by atoms with van der Waals surface area (Å²) >= 11 is 2.23. The zero-order valence-electron chi connectivity index (χ0n) is 10.8. The zero-order valence-corrected chi connectivity index (χ0v) is 12.9. The average molecular weight is 389 g/mol. The first-order valence-corrected chi connectivity index (χ1v) is 7.19. The van der Waals surface area contributed by atoms with Crippen molar-refractivity contribution >= 4 is 45.0 Å². The van der Waals surface area contributed by atoms with Gasteiger partial charge < -0.3 is 5.32 Å². The van der Waals surface area contributed by atoms with Gasteiger partial charge in [0.2, 0.25) is 0 Å². The van der Waals surface area contributed by atoms with Crippen LogP contribution in [0.25, 0.3) is 10.9 Å². The predicted octanol–water partition coefficient (Wildman–Crippen LogP) is 4.10. The summed E-state index contributed by atoms with van der Waals surface area (Å²) in [6.07, 6.45) is 6.77. The van der Waals surface area contributed by atoms with Crippen LogP contribution >= 0.6 is 22.6 Å². The number of anilines is 2. The first-order chi connectivity index (χ1) is 10.2. The molecule has 0 aliphatic carbocycles. The molecule has 5 heteroatoms. The molecule has 3 rings (SSSR count). The Balaban J connectivity index is 2.04. The maximum atomic E-state index is 13.4. The van der Waals surface area contributed by atoms with Gasteiger partial charge in [0.05, 0.1) is 11.1 Å². The number of nitrogens with one attached hydrogen (secondary N) is 1. The van der Waals surface area contributed by atoms with Gasteiger partial charge in [0.25, 0.3) is 0 Å². The van der Waals surface area contributed by atoms with Crippen LogP contribution in [0.5, 0.6) is 0 Å². The van der Waals surface area contributed by atoms with Crippen molar-refractivity contribution in [3.05, 3.63) is 57.7 Å². The lowest BCUT2D eigenvalue weighted by molar-refractivity contribution is 0.624. The van der Waals surface area contributed by atoms with Crippen molar-refractivity contribution in [3.8, 4) is 12.3 Å². The molecule has 2 aromatic carbocycles. The van der Waals surface area contributed by atoms with E-state index in [-0.39, 0.29) is 5.56 Å². The van der Waals surface area contributed by atoms with Crippen molar-refractivity contribution in [2.75, 3.05) is 5.32 Å². The van der Waals surface area contributed by atoms with Crippen molar-refractivity contribution in [1.29, 1.82) is 0 Å². The maximum absolute atomic E-state index is 13.4. The summed E-state index contributed by atoms with van der Waals surface area (Å²) in [5, 5.41) is 4.05. The fourth-order valence-corrected chi connectivity index (χ4v) is 2.45. The fraction of sp³-hybridized carbons (Fsp3) is 0. The zero-order chi connectivity index (χ0) is 14.8. The smallest absolute Gasteiger partial charge is 0.141 e. The van der Waals surface area contributed by atoms with Crippen LogP contribution in [-0.4, -0.2) is 9.97 Å². The van der Waals surface area contributed by atoms with Gasteiger partial charge in [0, 0.05) is 14.6 Å². The van der Waals surface area contributed by atoms with Crippen molar-refractivity contribution in [2.24, 2.45) is 0 Å². The molecule has 102 valence electrons. The highest BCUT2D eigenvalue weighted by Crippen LogP contribution is 2.25. The van der Waals surface area contributed by atoms with Gasteiger partial charge in [0.1, 0.15) is 18.0 Å². The molecule has 0 radical (unpaired) electrons. The van der Waals surface area contributed by atoms with E-state index in [0.717, 1.165) is 14.5 Å². The molecule has 0 saturated carbocycles. The van der Waals surface area contributed by atoms with E-state index in [9.17, 15) is 4.39 Å². The van der Waals surface area contributed by atoms with Crippen LogP contribution in [-0.2, 0) is 0 Å². The van der Waals surface area contributed by atoms with Crippen LogP contribution in [0, 0.1) is 21.7 Å². The Hall–Kier alpha value is -2.20. The third kappa shape index (κ3) is 2.81. The number of fused-ring (bicyclic) bond motifs is 1. The molecule has 0 unspecified atom stereocenters. The number of halogens is 2. The second kappa shape index (κ2) is 5.66. The average Bonchev–Trinajstić information content (AvgIpc) is 2.49. The third-order valence-corrected chi connectivity index (χ3v) is 3.65. The van der Waals surface area contributed by atoms with Crippen LogP contribution in [0.3, 0.4) is 0 Å². The fourth-order valence-electron chi connectivity index (χ4n) is 1.98. The van der Waals surface area contributed by atoms with Crippen LogP contribution in [0.1, 0.15) is 5.56 Å². The van der Waals surface area contributed by atoms with Crippen LogP contribution in [0.4, 0.5) is 15.9 Å². The highest BCUT2D eigenvalue weighted by Gasteiger charge is 2.06. The van der Waals surface area contributed by atoms with E-state index in [0.29, 0.717) is 11.5 Å². The number of aromatic nitrogens is 2. The van der Waals surface area contributed by atoms with E-state index in [1.807, 2.05) is 18.2 Å². The van der Waals surface area contributed by atoms with Gasteiger partial charge in [-0.3, -0.25) is 0 Å². The Morgan fingerprint density at radius 2 is 2.00 bits per heavy atom. The molecule has 0 spiro atoms. The van der Waals surface area contributed by atoms with Crippen LogP contribution < -0.4 is 5.32 Å². The number of rotatable bonds is 2. The van der Waals surface area contributed by atoms with E-state index < -0.39 is 5.82 Å². The Kier molecular flexibility index (Phi) is 3.71. The normalized spacial score (nSPS) is 10.3. The molecule has 0 fully saturated rings. The number of benzene rings is 2. The number of hydrogen-bond acceptors (Lipinski definition) is 3. The molecule has 3 aromatic rings. The molecule has 0 aliphatic heterocycles. The summed E-state index contributed by atoms with van der Waals surface area (Å²) < 4.78 is 14.5. The van der Waals surface area contributed by atoms with E-state index in [1.165, 1.54) is 12.4 Å². The van der Waals surface area contributed by atoms with Gasteiger partial charge >= 0.3 is 0 Å². The third-order valence-electron chi connectivity index (χ3n) is 2.98. The van der Waals surface area contributed by atoms with Crippen molar-refractivity contribution in [3.63, 3.8) is 0 Å². The second-order valence-corrected chi connectivity index (χ2v) is 5.59. The highest BCUT2D eigenvalue weighted by atomic mass is 127. The lowest BCUT2D eigenvalue weighted by Crippen LogP contribution is -1.97.